The van der Waals surface area contributed by atoms with E-state index in [1.54, 1.807) is 19.0 Å². The molecular weight excluding hydrogens is 378 g/mol. The zero-order valence-corrected chi connectivity index (χ0v) is 19.2. The SMILES string of the molecule is Cc1ccc(CC[C@@H](C(=O)C[C@@H](CCCCN=C(N)N)C(=O)N(C)C)N(C)C)cc1. The lowest BCUT2D eigenvalue weighted by Crippen LogP contribution is -2.39. The largest absolute Gasteiger partial charge is 0.370 e. The van der Waals surface area contributed by atoms with Crippen molar-refractivity contribution in [2.75, 3.05) is 34.7 Å². The molecule has 0 aliphatic carbocycles. The minimum absolute atomic E-state index is 0.00114. The van der Waals surface area contributed by atoms with Crippen molar-refractivity contribution >= 4 is 17.6 Å². The first-order valence-corrected chi connectivity index (χ1v) is 10.6. The minimum atomic E-state index is -0.312. The molecular formula is C23H39N5O2. The Morgan fingerprint density at radius 2 is 1.63 bits per heavy atom. The van der Waals surface area contributed by atoms with Crippen molar-refractivity contribution in [3.05, 3.63) is 35.4 Å². The Hall–Kier alpha value is -2.41. The molecule has 4 N–H and O–H groups in total. The number of nitrogens with zero attached hydrogens (tertiary/aromatic N) is 3. The maximum absolute atomic E-state index is 13.1. The fourth-order valence-electron chi connectivity index (χ4n) is 3.53. The van der Waals surface area contributed by atoms with E-state index >= 15 is 0 Å². The van der Waals surface area contributed by atoms with E-state index in [0.29, 0.717) is 13.0 Å². The molecule has 1 rings (SSSR count). The number of aryl methyl sites for hydroxylation is 2. The molecule has 168 valence electrons. The number of ketones is 1. The van der Waals surface area contributed by atoms with Crippen LogP contribution in [0.2, 0.25) is 0 Å². The normalized spacial score (nSPS) is 13.0. The number of hydrogen-bond donors (Lipinski definition) is 2. The Bertz CT molecular complexity index is 694. The molecule has 1 aromatic carbocycles. The second-order valence-corrected chi connectivity index (χ2v) is 8.41. The van der Waals surface area contributed by atoms with Crippen LogP contribution >= 0.6 is 0 Å². The summed E-state index contributed by atoms with van der Waals surface area (Å²) in [4.78, 5) is 33.3. The summed E-state index contributed by atoms with van der Waals surface area (Å²) in [5.74, 6) is -0.111. The van der Waals surface area contributed by atoms with Gasteiger partial charge in [-0.15, -0.1) is 0 Å². The molecule has 0 aliphatic heterocycles. The average Bonchev–Trinajstić information content (AvgIpc) is 2.67. The highest BCUT2D eigenvalue weighted by atomic mass is 16.2. The van der Waals surface area contributed by atoms with Crippen LogP contribution in [0.25, 0.3) is 0 Å². The number of carbonyl (C=O) groups is 2. The van der Waals surface area contributed by atoms with Gasteiger partial charge < -0.3 is 16.4 Å². The van der Waals surface area contributed by atoms with E-state index in [1.807, 2.05) is 19.0 Å². The van der Waals surface area contributed by atoms with Crippen LogP contribution in [-0.4, -0.2) is 68.2 Å². The summed E-state index contributed by atoms with van der Waals surface area (Å²) in [7, 11) is 7.32. The molecule has 0 unspecified atom stereocenters. The number of rotatable bonds is 13. The summed E-state index contributed by atoms with van der Waals surface area (Å²) in [5, 5.41) is 0. The van der Waals surface area contributed by atoms with Crippen molar-refractivity contribution in [1.29, 1.82) is 0 Å². The summed E-state index contributed by atoms with van der Waals surface area (Å²) in [5.41, 5.74) is 13.1. The summed E-state index contributed by atoms with van der Waals surface area (Å²) in [6, 6.07) is 8.21. The number of likely N-dealkylation sites (N-methyl/N-ethyl adjacent to an activating group) is 1. The molecule has 7 heteroatoms. The lowest BCUT2D eigenvalue weighted by molar-refractivity contribution is -0.137. The van der Waals surface area contributed by atoms with Crippen LogP contribution in [-0.2, 0) is 16.0 Å². The van der Waals surface area contributed by atoms with Crippen LogP contribution in [0.5, 0.6) is 0 Å². The van der Waals surface area contributed by atoms with Gasteiger partial charge in [0.1, 0.15) is 0 Å². The molecule has 1 aromatic rings. The third-order valence-electron chi connectivity index (χ3n) is 5.31. The van der Waals surface area contributed by atoms with Crippen molar-refractivity contribution in [3.8, 4) is 0 Å². The Labute approximate surface area is 181 Å². The number of unbranched alkanes of at least 4 members (excludes halogenated alkanes) is 1. The van der Waals surface area contributed by atoms with E-state index in [-0.39, 0.29) is 36.0 Å². The molecule has 0 heterocycles. The predicted octanol–water partition coefficient (Wildman–Crippen LogP) is 1.97. The van der Waals surface area contributed by atoms with Crippen LogP contribution in [0.3, 0.4) is 0 Å². The van der Waals surface area contributed by atoms with Gasteiger partial charge in [0.15, 0.2) is 11.7 Å². The van der Waals surface area contributed by atoms with Gasteiger partial charge in [0.05, 0.1) is 6.04 Å². The maximum Gasteiger partial charge on any atom is 0.225 e. The maximum atomic E-state index is 13.1. The second-order valence-electron chi connectivity index (χ2n) is 8.41. The first-order chi connectivity index (χ1) is 14.1. The number of amides is 1. The van der Waals surface area contributed by atoms with Crippen molar-refractivity contribution in [2.24, 2.45) is 22.4 Å². The van der Waals surface area contributed by atoms with Crippen molar-refractivity contribution < 1.29 is 9.59 Å². The van der Waals surface area contributed by atoms with Gasteiger partial charge in [-0.25, -0.2) is 0 Å². The van der Waals surface area contributed by atoms with E-state index in [0.717, 1.165) is 25.7 Å². The molecule has 0 bridgehead atoms. The van der Waals surface area contributed by atoms with Crippen molar-refractivity contribution in [1.82, 2.24) is 9.80 Å². The van der Waals surface area contributed by atoms with E-state index < -0.39 is 0 Å². The Kier molecular flexibility index (Phi) is 11.1. The monoisotopic (exact) mass is 417 g/mol. The highest BCUT2D eigenvalue weighted by molar-refractivity contribution is 5.89. The molecule has 0 aliphatic rings. The highest BCUT2D eigenvalue weighted by Crippen LogP contribution is 2.20. The molecule has 0 radical (unpaired) electrons. The zero-order valence-electron chi connectivity index (χ0n) is 19.2. The molecule has 0 fully saturated rings. The fourth-order valence-corrected chi connectivity index (χ4v) is 3.53. The average molecular weight is 418 g/mol. The summed E-state index contributed by atoms with van der Waals surface area (Å²) in [6.45, 7) is 2.60. The van der Waals surface area contributed by atoms with Crippen LogP contribution < -0.4 is 11.5 Å². The fraction of sp³-hybridized carbons (Fsp3) is 0.609. The number of hydrogen-bond acceptors (Lipinski definition) is 4. The Balaban J connectivity index is 2.72. The summed E-state index contributed by atoms with van der Waals surface area (Å²) < 4.78 is 0. The predicted molar refractivity (Wildman–Crippen MR) is 123 cm³/mol. The minimum Gasteiger partial charge on any atom is -0.370 e. The Morgan fingerprint density at radius 1 is 1.00 bits per heavy atom. The molecule has 0 spiro atoms. The van der Waals surface area contributed by atoms with E-state index in [4.69, 9.17) is 11.5 Å². The van der Waals surface area contributed by atoms with Gasteiger partial charge in [-0.3, -0.25) is 19.5 Å². The van der Waals surface area contributed by atoms with Crippen LogP contribution in [0, 0.1) is 12.8 Å². The molecule has 0 saturated heterocycles. The number of guanidine groups is 1. The standard InChI is InChI=1S/C23H39N5O2/c1-17-9-11-18(12-10-17)13-14-20(27(2)3)21(29)16-19(22(30)28(4)5)8-6-7-15-26-23(24)25/h9-12,19-20H,6-8,13-16H2,1-5H3,(H4,24,25,26)/t19-,20+/m1/s1. The molecule has 7 nitrogen and oxygen atoms in total. The third-order valence-corrected chi connectivity index (χ3v) is 5.31. The van der Waals surface area contributed by atoms with E-state index in [1.165, 1.54) is 11.1 Å². The van der Waals surface area contributed by atoms with Crippen LogP contribution in [0.15, 0.2) is 29.3 Å². The number of carbonyl (C=O) groups excluding carboxylic acids is 2. The van der Waals surface area contributed by atoms with Crippen LogP contribution in [0.4, 0.5) is 0 Å². The highest BCUT2D eigenvalue weighted by Gasteiger charge is 2.28. The molecule has 2 atom stereocenters. The summed E-state index contributed by atoms with van der Waals surface area (Å²) >= 11 is 0. The van der Waals surface area contributed by atoms with Gasteiger partial charge >= 0.3 is 0 Å². The Morgan fingerprint density at radius 3 is 2.17 bits per heavy atom. The van der Waals surface area contributed by atoms with E-state index in [2.05, 4.69) is 36.2 Å². The first-order valence-electron chi connectivity index (χ1n) is 10.6. The number of aliphatic imine (C=N–C) groups is 1. The van der Waals surface area contributed by atoms with Crippen molar-refractivity contribution in [3.63, 3.8) is 0 Å². The quantitative estimate of drug-likeness (QED) is 0.290. The van der Waals surface area contributed by atoms with Gasteiger partial charge in [0.25, 0.3) is 0 Å². The number of benzene rings is 1. The van der Waals surface area contributed by atoms with Crippen molar-refractivity contribution in [2.45, 2.75) is 51.5 Å². The first kappa shape index (κ1) is 25.6. The molecule has 1 amide bonds. The topological polar surface area (TPSA) is 105 Å². The van der Waals surface area contributed by atoms with Gasteiger partial charge in [-0.2, -0.15) is 0 Å². The molecule has 30 heavy (non-hydrogen) atoms. The third kappa shape index (κ3) is 9.39. The molecule has 0 aromatic heterocycles. The molecule has 0 saturated carbocycles. The lowest BCUT2D eigenvalue weighted by Gasteiger charge is -2.26. The lowest BCUT2D eigenvalue weighted by atomic mass is 9.90. The summed E-state index contributed by atoms with van der Waals surface area (Å²) in [6.07, 6.45) is 4.07. The van der Waals surface area contributed by atoms with Gasteiger partial charge in [-0.05, 0) is 52.3 Å². The van der Waals surface area contributed by atoms with Crippen LogP contribution in [0.1, 0.15) is 43.2 Å². The number of Topliss-reactive ketones (excluding diaryl/α,β-unsaturated/α-hetero) is 1. The smallest absolute Gasteiger partial charge is 0.225 e. The van der Waals surface area contributed by atoms with E-state index in [9.17, 15) is 9.59 Å². The second kappa shape index (κ2) is 13.0. The number of nitrogens with two attached hydrogens (primary N) is 2. The van der Waals surface area contributed by atoms with Gasteiger partial charge in [0.2, 0.25) is 5.91 Å². The van der Waals surface area contributed by atoms with Gasteiger partial charge in [-0.1, -0.05) is 36.2 Å². The zero-order chi connectivity index (χ0) is 22.7. The van der Waals surface area contributed by atoms with Gasteiger partial charge in [0, 0.05) is 33.0 Å².